The number of hydrogen-bond acceptors (Lipinski definition) is 1. The van der Waals surface area contributed by atoms with E-state index in [1.807, 2.05) is 19.1 Å². The number of carbonyl (C=O) groups is 1. The van der Waals surface area contributed by atoms with Crippen LogP contribution in [0.2, 0.25) is 0 Å². The third kappa shape index (κ3) is 7.35. The standard InChI is InChI=1S/C12H19NO/c1-4-10(2)9-11(3)7-5-6-8-12(13)14/h5-10H,4H2,1-3H3,(H2,13,14)/b7-5+,8-6+,11-9+/t10-/m0/s1. The van der Waals surface area contributed by atoms with Gasteiger partial charge in [0.2, 0.25) is 5.91 Å². The van der Waals surface area contributed by atoms with E-state index in [9.17, 15) is 4.79 Å². The smallest absolute Gasteiger partial charge is 0.241 e. The molecule has 0 rings (SSSR count). The van der Waals surface area contributed by atoms with Crippen molar-refractivity contribution in [3.05, 3.63) is 36.0 Å². The van der Waals surface area contributed by atoms with Gasteiger partial charge >= 0.3 is 0 Å². The van der Waals surface area contributed by atoms with Crippen LogP contribution in [0, 0.1) is 5.92 Å². The summed E-state index contributed by atoms with van der Waals surface area (Å²) in [5.41, 5.74) is 6.14. The molecule has 0 aliphatic rings. The molecule has 0 aliphatic carbocycles. The summed E-state index contributed by atoms with van der Waals surface area (Å²) in [6.07, 6.45) is 10.1. The van der Waals surface area contributed by atoms with Crippen LogP contribution in [0.15, 0.2) is 36.0 Å². The second-order valence-corrected chi connectivity index (χ2v) is 3.42. The molecule has 0 aliphatic heterocycles. The molecule has 0 spiro atoms. The van der Waals surface area contributed by atoms with E-state index in [0.717, 1.165) is 6.42 Å². The molecule has 0 bridgehead atoms. The second-order valence-electron chi connectivity index (χ2n) is 3.42. The first kappa shape index (κ1) is 12.7. The van der Waals surface area contributed by atoms with Crippen LogP contribution in [-0.4, -0.2) is 5.91 Å². The third-order valence-corrected chi connectivity index (χ3v) is 1.92. The molecule has 78 valence electrons. The van der Waals surface area contributed by atoms with Crippen LogP contribution >= 0.6 is 0 Å². The fourth-order valence-electron chi connectivity index (χ4n) is 0.980. The van der Waals surface area contributed by atoms with Crippen LogP contribution in [0.3, 0.4) is 0 Å². The number of allylic oxidation sites excluding steroid dienone is 5. The molecule has 0 unspecified atom stereocenters. The molecule has 2 N–H and O–H groups in total. The zero-order valence-corrected chi connectivity index (χ0v) is 9.16. The molecule has 1 atom stereocenters. The van der Waals surface area contributed by atoms with E-state index in [0.29, 0.717) is 5.92 Å². The molecule has 0 aromatic carbocycles. The van der Waals surface area contributed by atoms with Gasteiger partial charge in [-0.1, -0.05) is 50.1 Å². The van der Waals surface area contributed by atoms with Gasteiger partial charge in [-0.2, -0.15) is 0 Å². The third-order valence-electron chi connectivity index (χ3n) is 1.92. The molecule has 0 saturated carbocycles. The average molecular weight is 193 g/mol. The first-order valence-corrected chi connectivity index (χ1v) is 4.88. The van der Waals surface area contributed by atoms with Crippen molar-refractivity contribution in [2.75, 3.05) is 0 Å². The Morgan fingerprint density at radius 3 is 2.43 bits per heavy atom. The molecule has 0 aromatic heterocycles. The quantitative estimate of drug-likeness (QED) is 0.529. The lowest BCUT2D eigenvalue weighted by Gasteiger charge is -2.00. The summed E-state index contributed by atoms with van der Waals surface area (Å²) in [4.78, 5) is 10.4. The Kier molecular flexibility index (Phi) is 6.46. The van der Waals surface area contributed by atoms with Gasteiger partial charge in [-0.05, 0) is 12.8 Å². The lowest BCUT2D eigenvalue weighted by Crippen LogP contribution is -2.04. The van der Waals surface area contributed by atoms with Crippen LogP contribution in [0.4, 0.5) is 0 Å². The number of carbonyl (C=O) groups excluding carboxylic acids is 1. The van der Waals surface area contributed by atoms with Gasteiger partial charge in [0, 0.05) is 6.08 Å². The number of primary amides is 1. The van der Waals surface area contributed by atoms with E-state index in [1.165, 1.54) is 11.6 Å². The van der Waals surface area contributed by atoms with Crippen molar-refractivity contribution in [2.24, 2.45) is 11.7 Å². The second kappa shape index (κ2) is 7.13. The highest BCUT2D eigenvalue weighted by Crippen LogP contribution is 2.07. The van der Waals surface area contributed by atoms with Gasteiger partial charge in [0.15, 0.2) is 0 Å². The number of hydrogen-bond donors (Lipinski definition) is 1. The van der Waals surface area contributed by atoms with Gasteiger partial charge in [-0.3, -0.25) is 4.79 Å². The largest absolute Gasteiger partial charge is 0.366 e. The Balaban J connectivity index is 4.11. The Labute approximate surface area is 86.2 Å². The predicted octanol–water partition coefficient (Wildman–Crippen LogP) is 2.58. The van der Waals surface area contributed by atoms with Crippen molar-refractivity contribution in [1.82, 2.24) is 0 Å². The van der Waals surface area contributed by atoms with E-state index < -0.39 is 5.91 Å². The molecule has 1 amide bonds. The highest BCUT2D eigenvalue weighted by atomic mass is 16.1. The summed E-state index contributed by atoms with van der Waals surface area (Å²) in [6, 6.07) is 0. The molecule has 2 nitrogen and oxygen atoms in total. The van der Waals surface area contributed by atoms with E-state index in [2.05, 4.69) is 19.9 Å². The van der Waals surface area contributed by atoms with Crippen molar-refractivity contribution in [2.45, 2.75) is 27.2 Å². The molecular weight excluding hydrogens is 174 g/mol. The van der Waals surface area contributed by atoms with Gasteiger partial charge in [0.05, 0.1) is 0 Å². The lowest BCUT2D eigenvalue weighted by atomic mass is 10.1. The molecule has 0 heterocycles. The van der Waals surface area contributed by atoms with Gasteiger partial charge in [0.25, 0.3) is 0 Å². The summed E-state index contributed by atoms with van der Waals surface area (Å²) in [5, 5.41) is 0. The summed E-state index contributed by atoms with van der Waals surface area (Å²) in [6.45, 7) is 6.38. The molecule has 14 heavy (non-hydrogen) atoms. The summed E-state index contributed by atoms with van der Waals surface area (Å²) in [5.74, 6) is 0.179. The average Bonchev–Trinajstić information content (AvgIpc) is 2.12. The van der Waals surface area contributed by atoms with Gasteiger partial charge in [0.1, 0.15) is 0 Å². The molecule has 0 fully saturated rings. The summed E-state index contributed by atoms with van der Waals surface area (Å²) < 4.78 is 0. The normalized spacial score (nSPS) is 15.2. The van der Waals surface area contributed by atoms with Crippen LogP contribution in [0.25, 0.3) is 0 Å². The van der Waals surface area contributed by atoms with Crippen LogP contribution in [0.5, 0.6) is 0 Å². The predicted molar refractivity (Wildman–Crippen MR) is 60.7 cm³/mol. The van der Waals surface area contributed by atoms with E-state index in [1.54, 1.807) is 6.08 Å². The van der Waals surface area contributed by atoms with E-state index in [4.69, 9.17) is 5.73 Å². The lowest BCUT2D eigenvalue weighted by molar-refractivity contribution is -0.113. The number of amides is 1. The minimum absolute atomic E-state index is 0.418. The Morgan fingerprint density at radius 1 is 1.36 bits per heavy atom. The maximum absolute atomic E-state index is 10.4. The monoisotopic (exact) mass is 193 g/mol. The molecule has 0 saturated heterocycles. The van der Waals surface area contributed by atoms with E-state index in [-0.39, 0.29) is 0 Å². The Bertz CT molecular complexity index is 261. The Morgan fingerprint density at radius 2 is 1.93 bits per heavy atom. The van der Waals surface area contributed by atoms with Gasteiger partial charge < -0.3 is 5.73 Å². The number of rotatable bonds is 5. The van der Waals surface area contributed by atoms with Crippen LogP contribution in [0.1, 0.15) is 27.2 Å². The zero-order valence-electron chi connectivity index (χ0n) is 9.16. The first-order chi connectivity index (χ1) is 6.56. The molecular formula is C12H19NO. The molecule has 0 radical (unpaired) electrons. The van der Waals surface area contributed by atoms with Crippen molar-refractivity contribution in [3.63, 3.8) is 0 Å². The van der Waals surface area contributed by atoms with E-state index >= 15 is 0 Å². The maximum atomic E-state index is 10.4. The van der Waals surface area contributed by atoms with Gasteiger partial charge in [-0.15, -0.1) is 0 Å². The Hall–Kier alpha value is -1.31. The number of nitrogens with two attached hydrogens (primary N) is 1. The molecule has 2 heteroatoms. The van der Waals surface area contributed by atoms with Crippen molar-refractivity contribution in [3.8, 4) is 0 Å². The topological polar surface area (TPSA) is 43.1 Å². The minimum atomic E-state index is -0.418. The zero-order chi connectivity index (χ0) is 11.0. The highest BCUT2D eigenvalue weighted by Gasteiger charge is 1.91. The summed E-state index contributed by atoms with van der Waals surface area (Å²) in [7, 11) is 0. The van der Waals surface area contributed by atoms with Crippen LogP contribution in [-0.2, 0) is 4.79 Å². The fraction of sp³-hybridized carbons (Fsp3) is 0.417. The van der Waals surface area contributed by atoms with Crippen molar-refractivity contribution in [1.29, 1.82) is 0 Å². The minimum Gasteiger partial charge on any atom is -0.366 e. The van der Waals surface area contributed by atoms with Gasteiger partial charge in [-0.25, -0.2) is 0 Å². The highest BCUT2D eigenvalue weighted by molar-refractivity contribution is 5.85. The first-order valence-electron chi connectivity index (χ1n) is 4.88. The fourth-order valence-corrected chi connectivity index (χ4v) is 0.980. The maximum Gasteiger partial charge on any atom is 0.241 e. The van der Waals surface area contributed by atoms with Crippen molar-refractivity contribution < 1.29 is 4.79 Å². The van der Waals surface area contributed by atoms with Crippen LogP contribution < -0.4 is 5.73 Å². The SMILES string of the molecule is CC[C@H](C)/C=C(C)/C=C/C=C/C(N)=O. The van der Waals surface area contributed by atoms with Crippen molar-refractivity contribution >= 4 is 5.91 Å². The molecule has 0 aromatic rings. The summed E-state index contributed by atoms with van der Waals surface area (Å²) >= 11 is 0.